The van der Waals surface area contributed by atoms with Crippen LogP contribution in [0, 0.1) is 17.3 Å². The zero-order valence-corrected chi connectivity index (χ0v) is 24.6. The maximum absolute atomic E-state index is 15.2. The van der Waals surface area contributed by atoms with Crippen LogP contribution in [0.4, 0.5) is 22.0 Å². The molecule has 0 spiro atoms. The number of hydrogen-bond acceptors (Lipinski definition) is 4. The van der Waals surface area contributed by atoms with Gasteiger partial charge >= 0.3 is 12.1 Å². The van der Waals surface area contributed by atoms with Crippen LogP contribution in [0.5, 0.6) is 0 Å². The van der Waals surface area contributed by atoms with Crippen molar-refractivity contribution in [2.24, 2.45) is 17.3 Å². The number of aliphatic hydroxyl groups is 1. The monoisotopic (exact) mass is 614 g/mol. The summed E-state index contributed by atoms with van der Waals surface area (Å²) in [6.07, 6.45) is 0.208. The minimum absolute atomic E-state index is 0.0267. The van der Waals surface area contributed by atoms with Gasteiger partial charge in [0, 0.05) is 49.3 Å². The summed E-state index contributed by atoms with van der Waals surface area (Å²) >= 11 is 0. The highest BCUT2D eigenvalue weighted by molar-refractivity contribution is 5.94. The van der Waals surface area contributed by atoms with Gasteiger partial charge in [-0.2, -0.15) is 22.0 Å². The fourth-order valence-corrected chi connectivity index (χ4v) is 8.63. The molecule has 0 unspecified atom stereocenters. The normalized spacial score (nSPS) is 30.3. The molecule has 2 fully saturated rings. The summed E-state index contributed by atoms with van der Waals surface area (Å²) in [6.45, 7) is 1.77. The van der Waals surface area contributed by atoms with E-state index in [9.17, 15) is 27.9 Å². The van der Waals surface area contributed by atoms with Crippen molar-refractivity contribution in [3.63, 3.8) is 0 Å². The first-order valence-corrected chi connectivity index (χ1v) is 15.1. The van der Waals surface area contributed by atoms with E-state index in [0.717, 1.165) is 22.3 Å². The van der Waals surface area contributed by atoms with E-state index < -0.39 is 41.4 Å². The number of aromatic nitrogens is 1. The largest absolute Gasteiger partial charge is 0.456 e. The Kier molecular flexibility index (Phi) is 7.38. The van der Waals surface area contributed by atoms with E-state index in [4.69, 9.17) is 0 Å². The molecule has 44 heavy (non-hydrogen) atoms. The van der Waals surface area contributed by atoms with Gasteiger partial charge in [-0.05, 0) is 103 Å². The van der Waals surface area contributed by atoms with Crippen molar-refractivity contribution in [3.8, 4) is 0 Å². The highest BCUT2D eigenvalue weighted by atomic mass is 19.4. The van der Waals surface area contributed by atoms with Crippen molar-refractivity contribution < 1.29 is 36.6 Å². The molecular weight excluding hydrogens is 579 g/mol. The van der Waals surface area contributed by atoms with E-state index in [0.29, 0.717) is 43.4 Å². The topological polar surface area (TPSA) is 70.5 Å². The van der Waals surface area contributed by atoms with Crippen molar-refractivity contribution in [2.45, 2.75) is 82.0 Å². The van der Waals surface area contributed by atoms with Crippen molar-refractivity contribution >= 4 is 11.7 Å². The number of pyridine rings is 1. The van der Waals surface area contributed by atoms with Crippen LogP contribution in [-0.4, -0.2) is 51.4 Å². The van der Waals surface area contributed by atoms with Crippen LogP contribution >= 0.6 is 0 Å². The number of fused-ring (bicyclic) bond motifs is 4. The fraction of sp³-hybridized carbons (Fsp3) is 0.500. The van der Waals surface area contributed by atoms with Crippen molar-refractivity contribution in [2.75, 3.05) is 7.05 Å². The predicted octanol–water partition coefficient (Wildman–Crippen LogP) is 7.18. The number of halogens is 5. The second-order valence-corrected chi connectivity index (χ2v) is 13.1. The zero-order chi connectivity index (χ0) is 31.7. The lowest BCUT2D eigenvalue weighted by atomic mass is 9.50. The SMILES string of the molecule is CN(Cc1ccncc1)C(=O)c1ccc([C@H]2C[C@@]3(C)[C@@H](CC[C@@]3(O)C(F)(F)C(F)(F)F)[C@@H]3CCC4=CC(=O)CCC4=C32)cc1. The first-order chi connectivity index (χ1) is 20.7. The summed E-state index contributed by atoms with van der Waals surface area (Å²) in [4.78, 5) is 31.0. The summed E-state index contributed by atoms with van der Waals surface area (Å²) < 4.78 is 71.8. The molecule has 4 aliphatic carbocycles. The van der Waals surface area contributed by atoms with Gasteiger partial charge in [0.25, 0.3) is 5.91 Å². The average molecular weight is 615 g/mol. The molecule has 10 heteroatoms. The summed E-state index contributed by atoms with van der Waals surface area (Å²) in [5.41, 5.74) is -0.0729. The summed E-state index contributed by atoms with van der Waals surface area (Å²) in [6, 6.07) is 10.4. The molecule has 2 saturated carbocycles. The molecule has 2 aromatic rings. The Bertz CT molecular complexity index is 1530. The molecule has 5 atom stereocenters. The molecule has 1 heterocycles. The highest BCUT2D eigenvalue weighted by Gasteiger charge is 2.79. The predicted molar refractivity (Wildman–Crippen MR) is 153 cm³/mol. The number of carbonyl (C=O) groups is 2. The van der Waals surface area contributed by atoms with E-state index in [2.05, 4.69) is 4.98 Å². The van der Waals surface area contributed by atoms with E-state index >= 15 is 8.78 Å². The second-order valence-electron chi connectivity index (χ2n) is 13.1. The lowest BCUT2D eigenvalue weighted by Gasteiger charge is -2.56. The van der Waals surface area contributed by atoms with Gasteiger partial charge in [-0.25, -0.2) is 0 Å². The number of alkyl halides is 5. The van der Waals surface area contributed by atoms with Crippen LogP contribution in [0.15, 0.2) is 71.6 Å². The fourth-order valence-electron chi connectivity index (χ4n) is 8.63. The van der Waals surface area contributed by atoms with Crippen molar-refractivity contribution in [1.82, 2.24) is 9.88 Å². The third-order valence-electron chi connectivity index (χ3n) is 10.8. The van der Waals surface area contributed by atoms with E-state index in [1.807, 2.05) is 12.1 Å². The van der Waals surface area contributed by atoms with Crippen LogP contribution in [0.2, 0.25) is 0 Å². The summed E-state index contributed by atoms with van der Waals surface area (Å²) in [5.74, 6) is -6.91. The zero-order valence-electron chi connectivity index (χ0n) is 24.6. The quantitative estimate of drug-likeness (QED) is 0.362. The number of ketones is 1. The molecule has 1 N–H and O–H groups in total. The van der Waals surface area contributed by atoms with Gasteiger partial charge in [0.2, 0.25) is 0 Å². The number of allylic oxidation sites excluding steroid dienone is 4. The molecule has 1 amide bonds. The molecular formula is C34H35F5N2O3. The minimum atomic E-state index is -5.90. The molecule has 234 valence electrons. The standard InChI is InChI=1S/C34H35F5N2O3/c1-31-18-27(21-3-5-22(6-4-21)30(43)41(2)19-20-12-15-40-16-13-20)29-25-10-8-24(42)17-23(25)7-9-26(29)28(31)11-14-32(31,44)33(35,36)34(37,38)39/h3-6,12-13,15-17,26-28,44H,7-11,14,18-19H2,1-2H3/t26-,27+,28-,31-,32-/m0/s1. The van der Waals surface area contributed by atoms with Gasteiger partial charge in [0.15, 0.2) is 5.78 Å². The van der Waals surface area contributed by atoms with Gasteiger partial charge < -0.3 is 10.0 Å². The Morgan fingerprint density at radius 1 is 1.02 bits per heavy atom. The number of nitrogens with zero attached hydrogens (tertiary/aromatic N) is 2. The van der Waals surface area contributed by atoms with Crippen LogP contribution in [-0.2, 0) is 11.3 Å². The van der Waals surface area contributed by atoms with E-state index in [1.54, 1.807) is 54.7 Å². The minimum Gasteiger partial charge on any atom is -0.383 e. The average Bonchev–Trinajstić information content (AvgIpc) is 3.27. The summed E-state index contributed by atoms with van der Waals surface area (Å²) in [7, 11) is 1.68. The number of carbonyl (C=O) groups excluding carboxylic acids is 2. The van der Waals surface area contributed by atoms with E-state index in [1.165, 1.54) is 6.92 Å². The Balaban J connectivity index is 1.40. The Morgan fingerprint density at radius 2 is 1.70 bits per heavy atom. The third kappa shape index (κ3) is 4.63. The number of benzene rings is 1. The van der Waals surface area contributed by atoms with Crippen LogP contribution in [0.1, 0.15) is 79.3 Å². The van der Waals surface area contributed by atoms with Crippen LogP contribution < -0.4 is 0 Å². The van der Waals surface area contributed by atoms with Gasteiger partial charge in [0.1, 0.15) is 5.60 Å². The lowest BCUT2D eigenvalue weighted by molar-refractivity contribution is -0.362. The van der Waals surface area contributed by atoms with Crippen molar-refractivity contribution in [3.05, 3.63) is 88.3 Å². The van der Waals surface area contributed by atoms with E-state index in [-0.39, 0.29) is 30.4 Å². The molecule has 1 aromatic heterocycles. The van der Waals surface area contributed by atoms with Gasteiger partial charge in [0.05, 0.1) is 0 Å². The molecule has 0 bridgehead atoms. The molecule has 4 aliphatic rings. The van der Waals surface area contributed by atoms with Gasteiger partial charge in [-0.15, -0.1) is 0 Å². The van der Waals surface area contributed by atoms with Crippen LogP contribution in [0.3, 0.4) is 0 Å². The molecule has 5 nitrogen and oxygen atoms in total. The Hall–Kier alpha value is -3.40. The number of hydrogen-bond donors (Lipinski definition) is 1. The van der Waals surface area contributed by atoms with Gasteiger partial charge in [-0.1, -0.05) is 24.6 Å². The highest BCUT2D eigenvalue weighted by Crippen LogP contribution is 2.70. The smallest absolute Gasteiger partial charge is 0.383 e. The molecule has 0 saturated heterocycles. The Morgan fingerprint density at radius 3 is 2.36 bits per heavy atom. The molecule has 6 rings (SSSR count). The maximum Gasteiger partial charge on any atom is 0.456 e. The first-order valence-electron chi connectivity index (χ1n) is 15.1. The number of amides is 1. The van der Waals surface area contributed by atoms with Crippen LogP contribution in [0.25, 0.3) is 0 Å². The first kappa shape index (κ1) is 30.6. The third-order valence-corrected chi connectivity index (χ3v) is 10.8. The Labute approximate surface area is 252 Å². The summed E-state index contributed by atoms with van der Waals surface area (Å²) in [5, 5.41) is 11.4. The van der Waals surface area contributed by atoms with Crippen molar-refractivity contribution in [1.29, 1.82) is 0 Å². The molecule has 0 aliphatic heterocycles. The lowest BCUT2D eigenvalue weighted by Crippen LogP contribution is -2.65. The second kappa shape index (κ2) is 10.6. The van der Waals surface area contributed by atoms with Gasteiger partial charge in [-0.3, -0.25) is 14.6 Å². The molecule has 1 aromatic carbocycles. The number of rotatable bonds is 5. The molecule has 0 radical (unpaired) electrons. The maximum atomic E-state index is 15.2.